The van der Waals surface area contributed by atoms with Crippen LogP contribution in [-0.2, 0) is 0 Å². The van der Waals surface area contributed by atoms with Crippen LogP contribution < -0.4 is 10.1 Å². The normalized spacial score (nSPS) is 21.6. The van der Waals surface area contributed by atoms with Gasteiger partial charge in [0.15, 0.2) is 0 Å². The van der Waals surface area contributed by atoms with E-state index >= 15 is 0 Å². The molecule has 0 aliphatic carbocycles. The molecule has 0 unspecified atom stereocenters. The molecule has 1 atom stereocenters. The maximum atomic E-state index is 11.4. The Kier molecular flexibility index (Phi) is 3.78. The third-order valence-corrected chi connectivity index (χ3v) is 3.27. The first kappa shape index (κ1) is 14.1. The van der Waals surface area contributed by atoms with Gasteiger partial charge in [0.25, 0.3) is 5.91 Å². The Morgan fingerprint density at radius 3 is 2.75 bits per heavy atom. The minimum Gasteiger partial charge on any atom is -0.484 e. The van der Waals surface area contributed by atoms with E-state index in [-0.39, 0.29) is 5.91 Å². The lowest BCUT2D eigenvalue weighted by Crippen LogP contribution is -2.37. The molecule has 1 aliphatic rings. The molecule has 1 saturated heterocycles. The van der Waals surface area contributed by atoms with Crippen LogP contribution in [0.4, 0.5) is 4.79 Å². The Morgan fingerprint density at radius 1 is 1.50 bits per heavy atom. The Balaban J connectivity index is 2.03. The fourth-order valence-electron chi connectivity index (χ4n) is 2.17. The number of rotatable bonds is 3. The lowest BCUT2D eigenvalue weighted by Gasteiger charge is -2.25. The fraction of sp³-hybridized carbons (Fsp3) is 0.462. The van der Waals surface area contributed by atoms with Gasteiger partial charge in [-0.1, -0.05) is 0 Å². The Morgan fingerprint density at radius 2 is 2.25 bits per heavy atom. The zero-order valence-corrected chi connectivity index (χ0v) is 11.4. The van der Waals surface area contributed by atoms with E-state index in [1.807, 2.05) is 6.92 Å². The summed E-state index contributed by atoms with van der Waals surface area (Å²) < 4.78 is 5.81. The van der Waals surface area contributed by atoms with E-state index in [0.717, 1.165) is 0 Å². The number of hydrogen-bond acceptors (Lipinski definition) is 4. The minimum atomic E-state index is -0.939. The number of ether oxygens (including phenoxy) is 1. The molecule has 2 heterocycles. The maximum Gasteiger partial charge on any atom is 0.407 e. The molecule has 108 valence electrons. The van der Waals surface area contributed by atoms with E-state index in [1.165, 1.54) is 18.1 Å². The van der Waals surface area contributed by atoms with Gasteiger partial charge < -0.3 is 20.1 Å². The van der Waals surface area contributed by atoms with Gasteiger partial charge in [-0.15, -0.1) is 0 Å². The van der Waals surface area contributed by atoms with Crippen molar-refractivity contribution in [3.63, 3.8) is 0 Å². The zero-order valence-electron chi connectivity index (χ0n) is 11.4. The summed E-state index contributed by atoms with van der Waals surface area (Å²) in [6.07, 6.45) is 1.15. The fourth-order valence-corrected chi connectivity index (χ4v) is 2.17. The topological polar surface area (TPSA) is 91.8 Å². The van der Waals surface area contributed by atoms with E-state index in [2.05, 4.69) is 10.3 Å². The summed E-state index contributed by atoms with van der Waals surface area (Å²) in [5.74, 6) is 0.257. The van der Waals surface area contributed by atoms with Gasteiger partial charge in [-0.2, -0.15) is 0 Å². The summed E-state index contributed by atoms with van der Waals surface area (Å²) in [5.41, 5.74) is -0.252. The van der Waals surface area contributed by atoms with Crippen molar-refractivity contribution in [3.05, 3.63) is 24.0 Å². The lowest BCUT2D eigenvalue weighted by molar-refractivity contribution is 0.0909. The van der Waals surface area contributed by atoms with Crippen molar-refractivity contribution in [2.24, 2.45) is 0 Å². The summed E-state index contributed by atoms with van der Waals surface area (Å²) >= 11 is 0. The molecule has 1 aromatic heterocycles. The van der Waals surface area contributed by atoms with Crippen LogP contribution in [0.5, 0.6) is 5.75 Å². The van der Waals surface area contributed by atoms with Crippen molar-refractivity contribution in [1.82, 2.24) is 15.2 Å². The lowest BCUT2D eigenvalue weighted by atomic mass is 10.1. The highest BCUT2D eigenvalue weighted by Gasteiger charge is 2.38. The molecule has 0 bridgehead atoms. The molecule has 1 aromatic rings. The van der Waals surface area contributed by atoms with Crippen molar-refractivity contribution in [1.29, 1.82) is 0 Å². The highest BCUT2D eigenvalue weighted by atomic mass is 16.5. The third-order valence-electron chi connectivity index (χ3n) is 3.27. The Bertz CT molecular complexity index is 517. The number of carboxylic acid groups (broad SMARTS) is 1. The molecule has 0 radical (unpaired) electrons. The summed E-state index contributed by atoms with van der Waals surface area (Å²) in [4.78, 5) is 27.6. The van der Waals surface area contributed by atoms with Crippen LogP contribution in [0.15, 0.2) is 18.3 Å². The van der Waals surface area contributed by atoms with E-state index in [9.17, 15) is 9.59 Å². The third kappa shape index (κ3) is 2.98. The molecular formula is C13H17N3O4. The standard InChI is InChI=1S/C13H17N3O4/c1-13(5-6-16(8-13)12(18)19)20-9-3-4-10(15-7-9)11(17)14-2/h3-4,7H,5-6,8H2,1-2H3,(H,14,17)(H,18,19)/t13-/m1/s1. The van der Waals surface area contributed by atoms with Crippen molar-refractivity contribution in [3.8, 4) is 5.75 Å². The number of nitrogens with one attached hydrogen (secondary N) is 1. The van der Waals surface area contributed by atoms with Crippen LogP contribution in [-0.4, -0.2) is 52.7 Å². The van der Waals surface area contributed by atoms with Gasteiger partial charge in [0.2, 0.25) is 0 Å². The van der Waals surface area contributed by atoms with Crippen LogP contribution in [0.1, 0.15) is 23.8 Å². The highest BCUT2D eigenvalue weighted by molar-refractivity contribution is 5.91. The van der Waals surface area contributed by atoms with E-state index in [0.29, 0.717) is 31.0 Å². The van der Waals surface area contributed by atoms with Gasteiger partial charge in [0.05, 0.1) is 12.7 Å². The second-order valence-electron chi connectivity index (χ2n) is 4.96. The van der Waals surface area contributed by atoms with Crippen LogP contribution >= 0.6 is 0 Å². The van der Waals surface area contributed by atoms with Crippen molar-refractivity contribution in [2.45, 2.75) is 18.9 Å². The van der Waals surface area contributed by atoms with Crippen molar-refractivity contribution >= 4 is 12.0 Å². The number of likely N-dealkylation sites (tertiary alicyclic amines) is 1. The first-order chi connectivity index (χ1) is 9.43. The van der Waals surface area contributed by atoms with Crippen LogP contribution in [0, 0.1) is 0 Å². The van der Waals surface area contributed by atoms with Gasteiger partial charge in [0.1, 0.15) is 17.0 Å². The number of hydrogen-bond donors (Lipinski definition) is 2. The molecule has 2 N–H and O–H groups in total. The SMILES string of the molecule is CNC(=O)c1ccc(O[C@]2(C)CCN(C(=O)O)C2)cn1. The smallest absolute Gasteiger partial charge is 0.407 e. The number of carbonyl (C=O) groups is 2. The predicted octanol–water partition coefficient (Wildman–Crippen LogP) is 0.962. The quantitative estimate of drug-likeness (QED) is 0.860. The molecule has 1 aliphatic heterocycles. The average molecular weight is 279 g/mol. The summed E-state index contributed by atoms with van der Waals surface area (Å²) in [6.45, 7) is 2.64. The van der Waals surface area contributed by atoms with Crippen LogP contribution in [0.2, 0.25) is 0 Å². The van der Waals surface area contributed by atoms with Crippen LogP contribution in [0.3, 0.4) is 0 Å². The van der Waals surface area contributed by atoms with Crippen molar-refractivity contribution in [2.75, 3.05) is 20.1 Å². The van der Waals surface area contributed by atoms with E-state index in [4.69, 9.17) is 9.84 Å². The van der Waals surface area contributed by atoms with Crippen LogP contribution in [0.25, 0.3) is 0 Å². The maximum absolute atomic E-state index is 11.4. The van der Waals surface area contributed by atoms with Crippen molar-refractivity contribution < 1.29 is 19.4 Å². The molecule has 0 aromatic carbocycles. The number of amides is 2. The highest BCUT2D eigenvalue weighted by Crippen LogP contribution is 2.27. The minimum absolute atomic E-state index is 0.263. The van der Waals surface area contributed by atoms with E-state index < -0.39 is 11.7 Å². The average Bonchev–Trinajstić information content (AvgIpc) is 2.81. The van der Waals surface area contributed by atoms with Gasteiger partial charge >= 0.3 is 6.09 Å². The summed E-state index contributed by atoms with van der Waals surface area (Å²) in [7, 11) is 1.54. The molecular weight excluding hydrogens is 262 g/mol. The second kappa shape index (κ2) is 5.36. The Labute approximate surface area is 116 Å². The summed E-state index contributed by atoms with van der Waals surface area (Å²) in [6, 6.07) is 3.23. The van der Waals surface area contributed by atoms with Gasteiger partial charge in [0, 0.05) is 20.0 Å². The molecule has 1 fully saturated rings. The first-order valence-corrected chi connectivity index (χ1v) is 6.28. The zero-order chi connectivity index (χ0) is 14.8. The monoisotopic (exact) mass is 279 g/mol. The summed E-state index contributed by atoms with van der Waals surface area (Å²) in [5, 5.41) is 11.4. The number of carbonyl (C=O) groups excluding carboxylic acids is 1. The molecule has 7 nitrogen and oxygen atoms in total. The molecule has 0 saturated carbocycles. The number of nitrogens with zero attached hydrogens (tertiary/aromatic N) is 2. The van der Waals surface area contributed by atoms with Gasteiger partial charge in [-0.05, 0) is 19.1 Å². The number of pyridine rings is 1. The van der Waals surface area contributed by atoms with Gasteiger partial charge in [-0.25, -0.2) is 9.78 Å². The molecule has 2 rings (SSSR count). The molecule has 20 heavy (non-hydrogen) atoms. The number of aromatic nitrogens is 1. The predicted molar refractivity (Wildman–Crippen MR) is 70.9 cm³/mol. The largest absolute Gasteiger partial charge is 0.484 e. The second-order valence-corrected chi connectivity index (χ2v) is 4.96. The molecule has 7 heteroatoms. The van der Waals surface area contributed by atoms with E-state index in [1.54, 1.807) is 12.1 Å². The first-order valence-electron chi connectivity index (χ1n) is 6.28. The van der Waals surface area contributed by atoms with Gasteiger partial charge in [-0.3, -0.25) is 4.79 Å². The molecule has 0 spiro atoms. The Hall–Kier alpha value is -2.31. The molecule has 2 amide bonds.